The molecule has 184 valence electrons. The standard InChI is InChI=1S/C28H25FN2O4S/c29-23-12-8-13-24(19-23)36(33,34)31-20-22-11-4-5-14-25(22)26-15-6-7-16-27(26)35-28(32)30-18-17-21-9-2-1-3-10-21/h1-16,19,31H,17-18,20H2,(H,30,32). The van der Waals surface area contributed by atoms with Crippen LogP contribution in [0.4, 0.5) is 9.18 Å². The van der Waals surface area contributed by atoms with Crippen LogP contribution in [0.1, 0.15) is 11.1 Å². The molecule has 8 heteroatoms. The van der Waals surface area contributed by atoms with Gasteiger partial charge in [-0.3, -0.25) is 0 Å². The number of benzene rings is 4. The zero-order valence-corrected chi connectivity index (χ0v) is 20.2. The molecule has 36 heavy (non-hydrogen) atoms. The van der Waals surface area contributed by atoms with Crippen molar-refractivity contribution < 1.29 is 22.3 Å². The van der Waals surface area contributed by atoms with Crippen molar-refractivity contribution >= 4 is 16.1 Å². The van der Waals surface area contributed by atoms with Crippen LogP contribution in [0.15, 0.2) is 108 Å². The van der Waals surface area contributed by atoms with Gasteiger partial charge in [0.2, 0.25) is 10.0 Å². The van der Waals surface area contributed by atoms with Gasteiger partial charge in [0.05, 0.1) is 4.90 Å². The van der Waals surface area contributed by atoms with Crippen LogP contribution in [0.5, 0.6) is 5.75 Å². The number of ether oxygens (including phenoxy) is 1. The first-order chi connectivity index (χ1) is 17.4. The van der Waals surface area contributed by atoms with Crippen molar-refractivity contribution in [2.45, 2.75) is 17.9 Å². The van der Waals surface area contributed by atoms with Crippen LogP contribution in [0.3, 0.4) is 0 Å². The van der Waals surface area contributed by atoms with Gasteiger partial charge >= 0.3 is 6.09 Å². The molecule has 0 saturated carbocycles. The van der Waals surface area contributed by atoms with Gasteiger partial charge in [-0.05, 0) is 47.4 Å². The van der Waals surface area contributed by atoms with Crippen molar-refractivity contribution in [2.24, 2.45) is 0 Å². The summed E-state index contributed by atoms with van der Waals surface area (Å²) in [5.41, 5.74) is 3.11. The Bertz CT molecular complexity index is 1440. The third kappa shape index (κ3) is 6.56. The Balaban J connectivity index is 1.47. The first-order valence-corrected chi connectivity index (χ1v) is 12.8. The first kappa shape index (κ1) is 25.1. The van der Waals surface area contributed by atoms with Crippen molar-refractivity contribution in [1.82, 2.24) is 10.0 Å². The second-order valence-corrected chi connectivity index (χ2v) is 9.75. The molecule has 0 unspecified atom stereocenters. The van der Waals surface area contributed by atoms with E-state index in [-0.39, 0.29) is 11.4 Å². The van der Waals surface area contributed by atoms with Gasteiger partial charge in [0.1, 0.15) is 11.6 Å². The van der Waals surface area contributed by atoms with Crippen LogP contribution in [0.25, 0.3) is 11.1 Å². The lowest BCUT2D eigenvalue weighted by atomic mass is 9.99. The largest absolute Gasteiger partial charge is 0.412 e. The molecule has 4 aromatic carbocycles. The molecule has 0 aliphatic heterocycles. The highest BCUT2D eigenvalue weighted by molar-refractivity contribution is 7.89. The first-order valence-electron chi connectivity index (χ1n) is 11.3. The molecule has 0 fully saturated rings. The average Bonchev–Trinajstić information content (AvgIpc) is 2.89. The number of amides is 1. The monoisotopic (exact) mass is 504 g/mol. The van der Waals surface area contributed by atoms with Gasteiger partial charge in [0.25, 0.3) is 0 Å². The molecule has 0 spiro atoms. The third-order valence-electron chi connectivity index (χ3n) is 5.48. The van der Waals surface area contributed by atoms with Crippen LogP contribution in [-0.2, 0) is 23.0 Å². The summed E-state index contributed by atoms with van der Waals surface area (Å²) in [6, 6.07) is 28.9. The number of halogens is 1. The van der Waals surface area contributed by atoms with Crippen LogP contribution in [0, 0.1) is 5.82 Å². The molecule has 0 aliphatic carbocycles. The lowest BCUT2D eigenvalue weighted by Gasteiger charge is -2.15. The van der Waals surface area contributed by atoms with E-state index in [0.29, 0.717) is 35.4 Å². The quantitative estimate of drug-likeness (QED) is 0.324. The highest BCUT2D eigenvalue weighted by Crippen LogP contribution is 2.32. The Morgan fingerprint density at radius 2 is 1.50 bits per heavy atom. The number of carbonyl (C=O) groups is 1. The SMILES string of the molecule is O=C(NCCc1ccccc1)Oc1ccccc1-c1ccccc1CNS(=O)(=O)c1cccc(F)c1. The highest BCUT2D eigenvalue weighted by Gasteiger charge is 2.17. The van der Waals surface area contributed by atoms with Crippen molar-refractivity contribution in [3.05, 3.63) is 120 Å². The van der Waals surface area contributed by atoms with Crippen LogP contribution < -0.4 is 14.8 Å². The van der Waals surface area contributed by atoms with Gasteiger partial charge in [-0.15, -0.1) is 0 Å². The molecule has 0 bridgehead atoms. The molecule has 1 amide bonds. The number of hydrogen-bond donors (Lipinski definition) is 2. The summed E-state index contributed by atoms with van der Waals surface area (Å²) < 4.78 is 47.0. The number of sulfonamides is 1. The van der Waals surface area contributed by atoms with Crippen molar-refractivity contribution in [1.29, 1.82) is 0 Å². The van der Waals surface area contributed by atoms with Gasteiger partial charge in [-0.2, -0.15) is 0 Å². The van der Waals surface area contributed by atoms with Crippen molar-refractivity contribution in [3.8, 4) is 16.9 Å². The summed E-state index contributed by atoms with van der Waals surface area (Å²) in [5.74, 6) is -0.290. The van der Waals surface area contributed by atoms with Crippen LogP contribution in [0.2, 0.25) is 0 Å². The number of carbonyl (C=O) groups excluding carboxylic acids is 1. The molecule has 6 nitrogen and oxygen atoms in total. The van der Waals surface area contributed by atoms with E-state index >= 15 is 0 Å². The maximum Gasteiger partial charge on any atom is 0.412 e. The van der Waals surface area contributed by atoms with Gasteiger partial charge in [-0.25, -0.2) is 22.3 Å². The van der Waals surface area contributed by atoms with Gasteiger partial charge in [0.15, 0.2) is 0 Å². The van der Waals surface area contributed by atoms with E-state index in [9.17, 15) is 17.6 Å². The van der Waals surface area contributed by atoms with Crippen LogP contribution >= 0.6 is 0 Å². The second kappa shape index (κ2) is 11.6. The van der Waals surface area contributed by atoms with Crippen molar-refractivity contribution in [3.63, 3.8) is 0 Å². The second-order valence-electron chi connectivity index (χ2n) is 7.99. The van der Waals surface area contributed by atoms with E-state index in [0.717, 1.165) is 11.6 Å². The van der Waals surface area contributed by atoms with Gasteiger partial charge < -0.3 is 10.1 Å². The number of nitrogens with one attached hydrogen (secondary N) is 2. The summed E-state index contributed by atoms with van der Waals surface area (Å²) in [6.07, 6.45) is 0.0916. The highest BCUT2D eigenvalue weighted by atomic mass is 32.2. The molecular weight excluding hydrogens is 479 g/mol. The zero-order valence-electron chi connectivity index (χ0n) is 19.4. The topological polar surface area (TPSA) is 84.5 Å². The molecule has 4 rings (SSSR count). The van der Waals surface area contributed by atoms with E-state index in [1.54, 1.807) is 30.3 Å². The predicted octanol–water partition coefficient (Wildman–Crippen LogP) is 5.30. The number of rotatable bonds is 9. The normalized spacial score (nSPS) is 11.1. The smallest absolute Gasteiger partial charge is 0.410 e. The summed E-state index contributed by atoms with van der Waals surface area (Å²) in [4.78, 5) is 12.3. The number of para-hydroxylation sites is 1. The summed E-state index contributed by atoms with van der Waals surface area (Å²) in [7, 11) is -3.93. The Kier molecular flexibility index (Phi) is 8.10. The van der Waals surface area contributed by atoms with E-state index in [1.165, 1.54) is 18.2 Å². The molecule has 2 N–H and O–H groups in total. The van der Waals surface area contributed by atoms with E-state index in [2.05, 4.69) is 10.0 Å². The summed E-state index contributed by atoms with van der Waals surface area (Å²) >= 11 is 0. The minimum absolute atomic E-state index is 0.0351. The third-order valence-corrected chi connectivity index (χ3v) is 6.88. The van der Waals surface area contributed by atoms with Gasteiger partial charge in [-0.1, -0.05) is 78.9 Å². The summed E-state index contributed by atoms with van der Waals surface area (Å²) in [5, 5.41) is 2.76. The predicted molar refractivity (Wildman–Crippen MR) is 136 cm³/mol. The van der Waals surface area contributed by atoms with E-state index < -0.39 is 21.9 Å². The zero-order chi connectivity index (χ0) is 25.4. The maximum atomic E-state index is 13.5. The molecule has 0 radical (unpaired) electrons. The lowest BCUT2D eigenvalue weighted by Crippen LogP contribution is -2.29. The molecule has 0 heterocycles. The Hall–Kier alpha value is -4.01. The lowest BCUT2D eigenvalue weighted by molar-refractivity contribution is 0.201. The van der Waals surface area contributed by atoms with E-state index in [1.807, 2.05) is 48.5 Å². The molecule has 0 atom stereocenters. The fraction of sp³-hybridized carbons (Fsp3) is 0.107. The van der Waals surface area contributed by atoms with Gasteiger partial charge in [0, 0.05) is 18.7 Å². The fourth-order valence-corrected chi connectivity index (χ4v) is 4.73. The fourth-order valence-electron chi connectivity index (χ4n) is 3.70. The van der Waals surface area contributed by atoms with E-state index in [4.69, 9.17) is 4.74 Å². The minimum Gasteiger partial charge on any atom is -0.410 e. The minimum atomic E-state index is -3.93. The Morgan fingerprint density at radius 3 is 2.28 bits per heavy atom. The molecule has 0 aromatic heterocycles. The summed E-state index contributed by atoms with van der Waals surface area (Å²) in [6.45, 7) is 0.385. The maximum absolute atomic E-state index is 13.5. The Labute approximate surface area is 209 Å². The van der Waals surface area contributed by atoms with Crippen molar-refractivity contribution in [2.75, 3.05) is 6.54 Å². The molecule has 4 aromatic rings. The molecule has 0 aliphatic rings. The Morgan fingerprint density at radius 1 is 0.806 bits per heavy atom. The molecular formula is C28H25FN2O4S. The van der Waals surface area contributed by atoms with Crippen LogP contribution in [-0.4, -0.2) is 21.1 Å². The molecule has 0 saturated heterocycles. The number of hydrogen-bond acceptors (Lipinski definition) is 4. The average molecular weight is 505 g/mol.